The Kier molecular flexibility index (Phi) is 2.87. The Labute approximate surface area is 115 Å². The summed E-state index contributed by atoms with van der Waals surface area (Å²) in [6, 6.07) is 8.92. The van der Waals surface area contributed by atoms with E-state index < -0.39 is 0 Å². The number of anilines is 1. The number of rotatable bonds is 3. The standard InChI is InChI=1S/C14H11ClN2O2/c1-8-6-11(8)14(18)16-13-7-12(17-19-13)9-2-4-10(15)5-3-9/h2-5,7,11H,1,6H2,(H,16,18). The maximum Gasteiger partial charge on any atom is 0.234 e. The fourth-order valence-corrected chi connectivity index (χ4v) is 1.91. The van der Waals surface area contributed by atoms with Crippen LogP contribution in [0.5, 0.6) is 0 Å². The second-order valence-electron chi connectivity index (χ2n) is 4.49. The normalized spacial score (nSPS) is 17.3. The lowest BCUT2D eigenvalue weighted by Gasteiger charge is -1.96. The maximum atomic E-state index is 11.7. The highest BCUT2D eigenvalue weighted by Gasteiger charge is 2.35. The molecule has 3 rings (SSSR count). The lowest BCUT2D eigenvalue weighted by Crippen LogP contribution is -2.12. The van der Waals surface area contributed by atoms with E-state index in [9.17, 15) is 4.79 Å². The molecule has 0 saturated heterocycles. The first-order valence-corrected chi connectivity index (χ1v) is 6.22. The molecule has 2 aromatic rings. The lowest BCUT2D eigenvalue weighted by atomic mass is 10.1. The Morgan fingerprint density at radius 1 is 1.42 bits per heavy atom. The molecule has 1 saturated carbocycles. The number of aromatic nitrogens is 1. The number of carbonyl (C=O) groups is 1. The van der Waals surface area contributed by atoms with Crippen LogP contribution >= 0.6 is 11.6 Å². The molecule has 4 nitrogen and oxygen atoms in total. The van der Waals surface area contributed by atoms with Gasteiger partial charge < -0.3 is 4.52 Å². The second-order valence-corrected chi connectivity index (χ2v) is 4.92. The number of amides is 1. The van der Waals surface area contributed by atoms with Crippen molar-refractivity contribution in [2.24, 2.45) is 5.92 Å². The third-order valence-corrected chi connectivity index (χ3v) is 3.26. The summed E-state index contributed by atoms with van der Waals surface area (Å²) in [5.41, 5.74) is 2.49. The molecular formula is C14H11ClN2O2. The molecule has 1 N–H and O–H groups in total. The number of hydrogen-bond acceptors (Lipinski definition) is 3. The molecule has 1 aliphatic rings. The van der Waals surface area contributed by atoms with Gasteiger partial charge in [0.1, 0.15) is 5.69 Å². The minimum atomic E-state index is -0.0937. The van der Waals surface area contributed by atoms with Crippen molar-refractivity contribution >= 4 is 23.4 Å². The van der Waals surface area contributed by atoms with Crippen LogP contribution in [0.2, 0.25) is 5.02 Å². The summed E-state index contributed by atoms with van der Waals surface area (Å²) in [5, 5.41) is 7.25. The van der Waals surface area contributed by atoms with Crippen LogP contribution in [0.1, 0.15) is 6.42 Å². The van der Waals surface area contributed by atoms with E-state index in [4.69, 9.17) is 16.1 Å². The Hall–Kier alpha value is -2.07. The van der Waals surface area contributed by atoms with Gasteiger partial charge in [-0.15, -0.1) is 0 Å². The Morgan fingerprint density at radius 3 is 2.74 bits per heavy atom. The highest BCUT2D eigenvalue weighted by atomic mass is 35.5. The highest BCUT2D eigenvalue weighted by Crippen LogP contribution is 2.36. The fraction of sp³-hybridized carbons (Fsp3) is 0.143. The van der Waals surface area contributed by atoms with E-state index in [-0.39, 0.29) is 11.8 Å². The molecule has 5 heteroatoms. The van der Waals surface area contributed by atoms with Gasteiger partial charge in [0.25, 0.3) is 0 Å². The molecule has 0 aliphatic heterocycles. The first kappa shape index (κ1) is 12.0. The van der Waals surface area contributed by atoms with E-state index in [0.717, 1.165) is 17.6 Å². The van der Waals surface area contributed by atoms with Gasteiger partial charge in [-0.05, 0) is 18.6 Å². The van der Waals surface area contributed by atoms with E-state index in [1.54, 1.807) is 18.2 Å². The maximum absolute atomic E-state index is 11.7. The van der Waals surface area contributed by atoms with Gasteiger partial charge >= 0.3 is 0 Å². The predicted octanol–water partition coefficient (Wildman–Crippen LogP) is 3.51. The van der Waals surface area contributed by atoms with Crippen LogP contribution in [0.25, 0.3) is 11.3 Å². The van der Waals surface area contributed by atoms with Gasteiger partial charge in [-0.3, -0.25) is 10.1 Å². The van der Waals surface area contributed by atoms with Crippen LogP contribution < -0.4 is 5.32 Å². The van der Waals surface area contributed by atoms with Crippen molar-refractivity contribution in [2.45, 2.75) is 6.42 Å². The zero-order valence-corrected chi connectivity index (χ0v) is 10.8. The Balaban J connectivity index is 1.74. The third kappa shape index (κ3) is 2.53. The first-order chi connectivity index (χ1) is 9.13. The van der Waals surface area contributed by atoms with Gasteiger partial charge in [0.05, 0.1) is 5.92 Å². The van der Waals surface area contributed by atoms with Crippen LogP contribution in [-0.4, -0.2) is 11.1 Å². The molecule has 1 heterocycles. The van der Waals surface area contributed by atoms with Crippen LogP contribution in [0.4, 0.5) is 5.88 Å². The molecule has 1 unspecified atom stereocenters. The van der Waals surface area contributed by atoms with Gasteiger partial charge in [-0.1, -0.05) is 41.0 Å². The van der Waals surface area contributed by atoms with Crippen LogP contribution in [0.15, 0.2) is 47.0 Å². The predicted molar refractivity (Wildman–Crippen MR) is 72.8 cm³/mol. The van der Waals surface area contributed by atoms with Crippen molar-refractivity contribution in [1.82, 2.24) is 5.16 Å². The molecule has 0 radical (unpaired) electrons. The van der Waals surface area contributed by atoms with E-state index >= 15 is 0 Å². The topological polar surface area (TPSA) is 55.1 Å². The molecule has 1 aromatic heterocycles. The first-order valence-electron chi connectivity index (χ1n) is 5.84. The van der Waals surface area contributed by atoms with Crippen molar-refractivity contribution in [2.75, 3.05) is 5.32 Å². The minimum absolute atomic E-state index is 0.0796. The summed E-state index contributed by atoms with van der Waals surface area (Å²) < 4.78 is 5.09. The minimum Gasteiger partial charge on any atom is -0.338 e. The summed E-state index contributed by atoms with van der Waals surface area (Å²) in [7, 11) is 0. The number of carbonyl (C=O) groups excluding carboxylic acids is 1. The third-order valence-electron chi connectivity index (χ3n) is 3.01. The molecule has 0 spiro atoms. The van der Waals surface area contributed by atoms with Gasteiger partial charge in [-0.2, -0.15) is 0 Å². The van der Waals surface area contributed by atoms with Crippen LogP contribution in [0, 0.1) is 5.92 Å². The zero-order chi connectivity index (χ0) is 13.4. The van der Waals surface area contributed by atoms with Gasteiger partial charge in [0.2, 0.25) is 11.8 Å². The number of halogens is 1. The van der Waals surface area contributed by atoms with Crippen molar-refractivity contribution in [3.8, 4) is 11.3 Å². The molecule has 1 aliphatic carbocycles. The van der Waals surface area contributed by atoms with Crippen LogP contribution in [0.3, 0.4) is 0 Å². The molecule has 1 fully saturated rings. The average Bonchev–Trinajstić information content (AvgIpc) is 2.95. The number of benzene rings is 1. The van der Waals surface area contributed by atoms with Gasteiger partial charge in [0.15, 0.2) is 0 Å². The Bertz CT molecular complexity index is 646. The van der Waals surface area contributed by atoms with E-state index in [1.807, 2.05) is 12.1 Å². The number of hydrogen-bond donors (Lipinski definition) is 1. The lowest BCUT2D eigenvalue weighted by molar-refractivity contribution is -0.117. The smallest absolute Gasteiger partial charge is 0.234 e. The molecule has 1 atom stereocenters. The van der Waals surface area contributed by atoms with E-state index in [1.165, 1.54) is 0 Å². The zero-order valence-electron chi connectivity index (χ0n) is 10.0. The fourth-order valence-electron chi connectivity index (χ4n) is 1.78. The van der Waals surface area contributed by atoms with Crippen LogP contribution in [-0.2, 0) is 4.79 Å². The van der Waals surface area contributed by atoms with Gasteiger partial charge in [-0.25, -0.2) is 0 Å². The molecule has 1 amide bonds. The average molecular weight is 275 g/mol. The van der Waals surface area contributed by atoms with Gasteiger partial charge in [0, 0.05) is 16.7 Å². The molecular weight excluding hydrogens is 264 g/mol. The quantitative estimate of drug-likeness (QED) is 0.872. The largest absolute Gasteiger partial charge is 0.338 e. The van der Waals surface area contributed by atoms with E-state index in [0.29, 0.717) is 16.6 Å². The number of nitrogens with zero attached hydrogens (tertiary/aromatic N) is 1. The highest BCUT2D eigenvalue weighted by molar-refractivity contribution is 6.30. The summed E-state index contributed by atoms with van der Waals surface area (Å²) in [6.45, 7) is 3.75. The monoisotopic (exact) mass is 274 g/mol. The Morgan fingerprint density at radius 2 is 2.11 bits per heavy atom. The van der Waals surface area contributed by atoms with Crippen molar-refractivity contribution < 1.29 is 9.32 Å². The SMILES string of the molecule is C=C1CC1C(=O)Nc1cc(-c2ccc(Cl)cc2)no1. The molecule has 19 heavy (non-hydrogen) atoms. The van der Waals surface area contributed by atoms with E-state index in [2.05, 4.69) is 17.1 Å². The second kappa shape index (κ2) is 4.55. The van der Waals surface area contributed by atoms with Crippen molar-refractivity contribution in [3.63, 3.8) is 0 Å². The summed E-state index contributed by atoms with van der Waals surface area (Å²) in [5.74, 6) is 0.169. The number of nitrogens with one attached hydrogen (secondary N) is 1. The summed E-state index contributed by atoms with van der Waals surface area (Å²) >= 11 is 5.82. The molecule has 0 bridgehead atoms. The molecule has 1 aromatic carbocycles. The van der Waals surface area contributed by atoms with Crippen molar-refractivity contribution in [3.05, 3.63) is 47.5 Å². The van der Waals surface area contributed by atoms with Crippen molar-refractivity contribution in [1.29, 1.82) is 0 Å². The summed E-state index contributed by atoms with van der Waals surface area (Å²) in [6.07, 6.45) is 0.754. The molecule has 96 valence electrons. The summed E-state index contributed by atoms with van der Waals surface area (Å²) in [4.78, 5) is 11.7.